The Kier molecular flexibility index (Phi) is 6.04. The number of hydrogen-bond donors (Lipinski definition) is 1. The van der Waals surface area contributed by atoms with Crippen molar-refractivity contribution in [1.29, 1.82) is 0 Å². The molecule has 16 heavy (non-hydrogen) atoms. The predicted molar refractivity (Wildman–Crippen MR) is 66.6 cm³/mol. The van der Waals surface area contributed by atoms with E-state index in [4.69, 9.17) is 4.74 Å². The van der Waals surface area contributed by atoms with Gasteiger partial charge in [-0.15, -0.1) is 0 Å². The van der Waals surface area contributed by atoms with Crippen LogP contribution >= 0.6 is 0 Å². The zero-order valence-corrected chi connectivity index (χ0v) is 10.5. The number of aryl methyl sites for hydroxylation is 1. The van der Waals surface area contributed by atoms with Crippen LogP contribution in [0.25, 0.3) is 0 Å². The summed E-state index contributed by atoms with van der Waals surface area (Å²) in [5.41, 5.74) is 2.41. The average Bonchev–Trinajstić information content (AvgIpc) is 2.29. The molecule has 0 radical (unpaired) electrons. The van der Waals surface area contributed by atoms with Crippen molar-refractivity contribution >= 4 is 0 Å². The van der Waals surface area contributed by atoms with E-state index >= 15 is 0 Å². The number of pyridine rings is 1. The van der Waals surface area contributed by atoms with Gasteiger partial charge in [0.15, 0.2) is 0 Å². The van der Waals surface area contributed by atoms with Crippen molar-refractivity contribution in [3.05, 3.63) is 29.6 Å². The first-order chi connectivity index (χ1) is 7.77. The molecule has 1 aromatic rings. The van der Waals surface area contributed by atoms with Crippen molar-refractivity contribution in [2.45, 2.75) is 32.7 Å². The maximum atomic E-state index is 5.22. The molecule has 90 valence electrons. The van der Waals surface area contributed by atoms with Gasteiger partial charge in [0, 0.05) is 31.5 Å². The zero-order valence-electron chi connectivity index (χ0n) is 10.5. The second-order valence-corrected chi connectivity index (χ2v) is 4.08. The van der Waals surface area contributed by atoms with Gasteiger partial charge in [0.25, 0.3) is 0 Å². The van der Waals surface area contributed by atoms with Crippen LogP contribution in [0.4, 0.5) is 0 Å². The molecule has 0 saturated heterocycles. The first-order valence-corrected chi connectivity index (χ1v) is 5.90. The third-order valence-corrected chi connectivity index (χ3v) is 2.61. The Hall–Kier alpha value is -0.930. The van der Waals surface area contributed by atoms with Gasteiger partial charge in [-0.3, -0.25) is 4.98 Å². The van der Waals surface area contributed by atoms with E-state index in [9.17, 15) is 0 Å². The summed E-state index contributed by atoms with van der Waals surface area (Å²) in [5, 5.41) is 3.48. The molecular weight excluding hydrogens is 200 g/mol. The third kappa shape index (κ3) is 4.29. The van der Waals surface area contributed by atoms with Crippen LogP contribution in [-0.2, 0) is 11.2 Å². The lowest BCUT2D eigenvalue weighted by Gasteiger charge is -2.18. The molecule has 3 heteroatoms. The predicted octanol–water partition coefficient (Wildman–Crippen LogP) is 1.95. The fourth-order valence-electron chi connectivity index (χ4n) is 1.71. The molecule has 0 bridgehead atoms. The van der Waals surface area contributed by atoms with Gasteiger partial charge >= 0.3 is 0 Å². The minimum absolute atomic E-state index is 0.360. The summed E-state index contributed by atoms with van der Waals surface area (Å²) in [6.07, 6.45) is 3.92. The molecule has 0 spiro atoms. The molecule has 1 heterocycles. The van der Waals surface area contributed by atoms with Gasteiger partial charge in [-0.1, -0.05) is 13.0 Å². The number of ether oxygens (including phenoxy) is 1. The minimum atomic E-state index is 0.360. The van der Waals surface area contributed by atoms with E-state index in [0.29, 0.717) is 6.04 Å². The number of methoxy groups -OCH3 is 1. The molecule has 1 atom stereocenters. The van der Waals surface area contributed by atoms with E-state index in [2.05, 4.69) is 30.2 Å². The normalized spacial score (nSPS) is 12.7. The molecule has 3 nitrogen and oxygen atoms in total. The quantitative estimate of drug-likeness (QED) is 0.765. The summed E-state index contributed by atoms with van der Waals surface area (Å²) in [7, 11) is 1.74. The molecule has 1 rings (SSSR count). The fourth-order valence-corrected chi connectivity index (χ4v) is 1.71. The summed E-state index contributed by atoms with van der Waals surface area (Å²) in [6, 6.07) is 4.44. The lowest BCUT2D eigenvalue weighted by Crippen LogP contribution is -2.36. The van der Waals surface area contributed by atoms with Gasteiger partial charge in [-0.2, -0.15) is 0 Å². The van der Waals surface area contributed by atoms with Crippen LogP contribution in [0, 0.1) is 6.92 Å². The maximum Gasteiger partial charge on any atom is 0.0619 e. The summed E-state index contributed by atoms with van der Waals surface area (Å²) < 4.78 is 5.22. The lowest BCUT2D eigenvalue weighted by atomic mass is 10.1. The Labute approximate surface area is 98.2 Å². The molecule has 0 aliphatic rings. The molecule has 0 aliphatic heterocycles. The minimum Gasteiger partial charge on any atom is -0.383 e. The number of aromatic nitrogens is 1. The molecule has 0 fully saturated rings. The van der Waals surface area contributed by atoms with Crippen molar-refractivity contribution in [1.82, 2.24) is 10.3 Å². The summed E-state index contributed by atoms with van der Waals surface area (Å²) >= 11 is 0. The zero-order chi connectivity index (χ0) is 11.8. The number of nitrogens with one attached hydrogen (secondary N) is 1. The van der Waals surface area contributed by atoms with Crippen LogP contribution in [0.5, 0.6) is 0 Å². The monoisotopic (exact) mass is 222 g/mol. The average molecular weight is 222 g/mol. The molecular formula is C13H22N2O. The summed E-state index contributed by atoms with van der Waals surface area (Å²) in [4.78, 5) is 4.41. The van der Waals surface area contributed by atoms with Gasteiger partial charge in [0.1, 0.15) is 0 Å². The Morgan fingerprint density at radius 3 is 2.94 bits per heavy atom. The van der Waals surface area contributed by atoms with E-state index in [1.807, 2.05) is 12.3 Å². The summed E-state index contributed by atoms with van der Waals surface area (Å²) in [5.74, 6) is 0. The second kappa shape index (κ2) is 7.36. The molecule has 1 N–H and O–H groups in total. The Balaban J connectivity index is 2.56. The van der Waals surface area contributed by atoms with E-state index in [1.165, 1.54) is 5.56 Å². The molecule has 0 aromatic carbocycles. The van der Waals surface area contributed by atoms with Crippen LogP contribution in [-0.4, -0.2) is 31.3 Å². The second-order valence-electron chi connectivity index (χ2n) is 4.08. The van der Waals surface area contributed by atoms with E-state index in [-0.39, 0.29) is 0 Å². The van der Waals surface area contributed by atoms with Gasteiger partial charge < -0.3 is 10.1 Å². The highest BCUT2D eigenvalue weighted by molar-refractivity contribution is 5.18. The summed E-state index contributed by atoms with van der Waals surface area (Å²) in [6.45, 7) is 6.03. The topological polar surface area (TPSA) is 34.1 Å². The van der Waals surface area contributed by atoms with E-state index in [0.717, 1.165) is 31.7 Å². The maximum absolute atomic E-state index is 5.22. The fraction of sp³-hybridized carbons (Fsp3) is 0.615. The highest BCUT2D eigenvalue weighted by Gasteiger charge is 2.10. The first-order valence-electron chi connectivity index (χ1n) is 5.90. The van der Waals surface area contributed by atoms with Crippen molar-refractivity contribution in [2.75, 3.05) is 20.3 Å². The standard InChI is InChI=1S/C13H22N2O/c1-4-7-14-12(10-16-3)9-13-11(2)6-5-8-15-13/h5-6,8,12,14H,4,7,9-10H2,1-3H3. The third-order valence-electron chi connectivity index (χ3n) is 2.61. The Bertz CT molecular complexity index is 302. The van der Waals surface area contributed by atoms with Crippen molar-refractivity contribution in [2.24, 2.45) is 0 Å². The number of hydrogen-bond acceptors (Lipinski definition) is 3. The number of rotatable bonds is 7. The van der Waals surface area contributed by atoms with Crippen LogP contribution in [0.2, 0.25) is 0 Å². The largest absolute Gasteiger partial charge is 0.383 e. The first kappa shape index (κ1) is 13.1. The van der Waals surface area contributed by atoms with Gasteiger partial charge in [0.05, 0.1) is 6.61 Å². The van der Waals surface area contributed by atoms with Gasteiger partial charge in [-0.05, 0) is 31.5 Å². The SMILES string of the molecule is CCCNC(COC)Cc1ncccc1C. The smallest absolute Gasteiger partial charge is 0.0619 e. The van der Waals surface area contributed by atoms with E-state index < -0.39 is 0 Å². The van der Waals surface area contributed by atoms with Crippen molar-refractivity contribution in [3.8, 4) is 0 Å². The van der Waals surface area contributed by atoms with Crippen LogP contribution in [0.3, 0.4) is 0 Å². The molecule has 0 saturated carbocycles. The molecule has 0 amide bonds. The highest BCUT2D eigenvalue weighted by Crippen LogP contribution is 2.06. The Morgan fingerprint density at radius 1 is 1.50 bits per heavy atom. The number of nitrogens with zero attached hydrogens (tertiary/aromatic N) is 1. The van der Waals surface area contributed by atoms with Gasteiger partial charge in [0.2, 0.25) is 0 Å². The van der Waals surface area contributed by atoms with Gasteiger partial charge in [-0.25, -0.2) is 0 Å². The molecule has 0 aliphatic carbocycles. The highest BCUT2D eigenvalue weighted by atomic mass is 16.5. The van der Waals surface area contributed by atoms with Crippen LogP contribution in [0.1, 0.15) is 24.6 Å². The molecule has 1 unspecified atom stereocenters. The van der Waals surface area contributed by atoms with Crippen molar-refractivity contribution < 1.29 is 4.74 Å². The van der Waals surface area contributed by atoms with Crippen LogP contribution in [0.15, 0.2) is 18.3 Å². The molecule has 1 aromatic heterocycles. The van der Waals surface area contributed by atoms with Crippen molar-refractivity contribution in [3.63, 3.8) is 0 Å². The van der Waals surface area contributed by atoms with Crippen LogP contribution < -0.4 is 5.32 Å². The van der Waals surface area contributed by atoms with E-state index in [1.54, 1.807) is 7.11 Å². The lowest BCUT2D eigenvalue weighted by molar-refractivity contribution is 0.165. The Morgan fingerprint density at radius 2 is 2.31 bits per heavy atom.